The van der Waals surface area contributed by atoms with Crippen molar-refractivity contribution in [2.24, 2.45) is 0 Å². The number of thioether (sulfide) groups is 1. The van der Waals surface area contributed by atoms with Gasteiger partial charge in [0, 0.05) is 24.5 Å². The van der Waals surface area contributed by atoms with Crippen LogP contribution in [0.15, 0.2) is 78.0 Å². The van der Waals surface area contributed by atoms with Crippen LogP contribution in [0.5, 0.6) is 0 Å². The van der Waals surface area contributed by atoms with Crippen LogP contribution in [0.25, 0.3) is 10.8 Å². The minimum Gasteiger partial charge on any atom is -0.378 e. The molecular weight excluding hydrogens is 448 g/mol. The average molecular weight is 473 g/mol. The van der Waals surface area contributed by atoms with E-state index in [4.69, 9.17) is 4.74 Å². The Morgan fingerprint density at radius 1 is 0.882 bits per heavy atom. The normalized spacial score (nSPS) is 13.6. The van der Waals surface area contributed by atoms with E-state index in [9.17, 15) is 4.79 Å². The highest BCUT2D eigenvalue weighted by molar-refractivity contribution is 7.99. The number of carbonyl (C=O) groups is 1. The van der Waals surface area contributed by atoms with E-state index >= 15 is 0 Å². The number of para-hydroxylation sites is 1. The number of amides is 1. The molecule has 1 aliphatic rings. The Kier molecular flexibility index (Phi) is 6.83. The minimum atomic E-state index is -0.119. The van der Waals surface area contributed by atoms with Crippen LogP contribution in [-0.4, -0.2) is 52.9 Å². The number of carbonyl (C=O) groups excluding carboxylic acids is 1. The molecule has 2 N–H and O–H groups in total. The maximum Gasteiger partial charge on any atom is 0.234 e. The summed E-state index contributed by atoms with van der Waals surface area (Å²) in [5.74, 6) is 1.09. The molecular formula is C25H24N6O2S. The minimum absolute atomic E-state index is 0.119. The van der Waals surface area contributed by atoms with Crippen LogP contribution in [0.1, 0.15) is 0 Å². The number of nitrogens with zero attached hydrogens (tertiary/aromatic N) is 4. The molecule has 1 aliphatic heterocycles. The molecule has 0 bridgehead atoms. The quantitative estimate of drug-likeness (QED) is 0.384. The fourth-order valence-electron chi connectivity index (χ4n) is 3.62. The molecule has 1 amide bonds. The van der Waals surface area contributed by atoms with E-state index in [0.717, 1.165) is 22.1 Å². The summed E-state index contributed by atoms with van der Waals surface area (Å²) in [6.07, 6.45) is 0. The molecule has 9 heteroatoms. The van der Waals surface area contributed by atoms with Crippen molar-refractivity contribution in [2.45, 2.75) is 5.16 Å². The maximum atomic E-state index is 12.6. The highest BCUT2D eigenvalue weighted by Gasteiger charge is 2.17. The van der Waals surface area contributed by atoms with Gasteiger partial charge in [-0.25, -0.2) is 0 Å². The standard InChI is InChI=1S/C25H24N6O2S/c32-22(26-21-11-10-18-6-4-5-7-19(18)16-21)17-34-25-29-23(27-20-8-2-1-3-9-20)28-24(30-25)31-12-14-33-15-13-31/h1-11,16H,12-15,17H2,(H,26,32)(H,27,28,29,30). The first-order valence-corrected chi connectivity index (χ1v) is 12.0. The number of rotatable bonds is 7. The molecule has 0 radical (unpaired) electrons. The molecule has 0 saturated carbocycles. The molecule has 3 aromatic carbocycles. The molecule has 2 heterocycles. The molecule has 0 spiro atoms. The van der Waals surface area contributed by atoms with Crippen molar-refractivity contribution in [1.82, 2.24) is 15.0 Å². The molecule has 1 saturated heterocycles. The van der Waals surface area contributed by atoms with Gasteiger partial charge in [0.15, 0.2) is 5.16 Å². The number of anilines is 4. The average Bonchev–Trinajstić information content (AvgIpc) is 2.88. The van der Waals surface area contributed by atoms with Crippen LogP contribution in [-0.2, 0) is 9.53 Å². The molecule has 1 fully saturated rings. The number of ether oxygens (including phenoxy) is 1. The lowest BCUT2D eigenvalue weighted by atomic mass is 10.1. The second-order valence-corrected chi connectivity index (χ2v) is 8.67. The Hall–Kier alpha value is -3.69. The lowest BCUT2D eigenvalue weighted by molar-refractivity contribution is -0.113. The van der Waals surface area contributed by atoms with Crippen molar-refractivity contribution in [3.63, 3.8) is 0 Å². The molecule has 0 aliphatic carbocycles. The van der Waals surface area contributed by atoms with E-state index in [0.29, 0.717) is 43.4 Å². The fraction of sp³-hybridized carbons (Fsp3) is 0.200. The van der Waals surface area contributed by atoms with E-state index in [1.165, 1.54) is 11.8 Å². The Morgan fingerprint density at radius 3 is 2.47 bits per heavy atom. The molecule has 8 nitrogen and oxygen atoms in total. The Morgan fingerprint density at radius 2 is 1.65 bits per heavy atom. The number of hydrogen-bond acceptors (Lipinski definition) is 8. The van der Waals surface area contributed by atoms with Gasteiger partial charge in [-0.2, -0.15) is 15.0 Å². The van der Waals surface area contributed by atoms with E-state index in [2.05, 4.69) is 30.5 Å². The third kappa shape index (κ3) is 5.62. The number of aromatic nitrogens is 3. The molecule has 34 heavy (non-hydrogen) atoms. The SMILES string of the molecule is O=C(CSc1nc(Nc2ccccc2)nc(N2CCOCC2)n1)Nc1ccc2ccccc2c1. The Labute approximate surface area is 201 Å². The predicted octanol–water partition coefficient (Wildman–Crippen LogP) is 4.34. The zero-order chi connectivity index (χ0) is 23.2. The first kappa shape index (κ1) is 22.1. The van der Waals surface area contributed by atoms with Gasteiger partial charge < -0.3 is 20.3 Å². The van der Waals surface area contributed by atoms with Crippen LogP contribution >= 0.6 is 11.8 Å². The second kappa shape index (κ2) is 10.5. The van der Waals surface area contributed by atoms with Gasteiger partial charge in [0.25, 0.3) is 0 Å². The van der Waals surface area contributed by atoms with Gasteiger partial charge in [-0.1, -0.05) is 60.3 Å². The topological polar surface area (TPSA) is 92.3 Å². The number of fused-ring (bicyclic) bond motifs is 1. The summed E-state index contributed by atoms with van der Waals surface area (Å²) in [5.41, 5.74) is 1.65. The van der Waals surface area contributed by atoms with Crippen LogP contribution in [0.4, 0.5) is 23.3 Å². The molecule has 5 rings (SSSR count). The number of morpholine rings is 1. The van der Waals surface area contributed by atoms with Gasteiger partial charge in [0.2, 0.25) is 17.8 Å². The fourth-order valence-corrected chi connectivity index (χ4v) is 4.25. The molecule has 4 aromatic rings. The van der Waals surface area contributed by atoms with Crippen molar-refractivity contribution in [1.29, 1.82) is 0 Å². The number of nitrogens with one attached hydrogen (secondary N) is 2. The summed E-state index contributed by atoms with van der Waals surface area (Å²) in [4.78, 5) is 28.5. The van der Waals surface area contributed by atoms with Crippen LogP contribution < -0.4 is 15.5 Å². The smallest absolute Gasteiger partial charge is 0.234 e. The van der Waals surface area contributed by atoms with Crippen LogP contribution in [0, 0.1) is 0 Å². The largest absolute Gasteiger partial charge is 0.378 e. The lowest BCUT2D eigenvalue weighted by Crippen LogP contribution is -2.37. The van der Waals surface area contributed by atoms with Gasteiger partial charge >= 0.3 is 0 Å². The maximum absolute atomic E-state index is 12.6. The lowest BCUT2D eigenvalue weighted by Gasteiger charge is -2.27. The molecule has 1 aromatic heterocycles. The summed E-state index contributed by atoms with van der Waals surface area (Å²) in [5, 5.41) is 8.90. The molecule has 0 unspecified atom stereocenters. The zero-order valence-electron chi connectivity index (χ0n) is 18.5. The summed E-state index contributed by atoms with van der Waals surface area (Å²) in [7, 11) is 0. The first-order chi connectivity index (χ1) is 16.7. The van der Waals surface area contributed by atoms with Crippen molar-refractivity contribution >= 4 is 51.7 Å². The monoisotopic (exact) mass is 472 g/mol. The van der Waals surface area contributed by atoms with E-state index in [1.807, 2.05) is 72.8 Å². The summed E-state index contributed by atoms with van der Waals surface area (Å²) >= 11 is 1.28. The molecule has 0 atom stereocenters. The highest BCUT2D eigenvalue weighted by atomic mass is 32.2. The Balaban J connectivity index is 1.29. The van der Waals surface area contributed by atoms with E-state index in [-0.39, 0.29) is 11.7 Å². The van der Waals surface area contributed by atoms with Gasteiger partial charge in [-0.3, -0.25) is 4.79 Å². The highest BCUT2D eigenvalue weighted by Crippen LogP contribution is 2.23. The van der Waals surface area contributed by atoms with Gasteiger partial charge in [-0.15, -0.1) is 0 Å². The van der Waals surface area contributed by atoms with Crippen LogP contribution in [0.2, 0.25) is 0 Å². The summed E-state index contributed by atoms with van der Waals surface area (Å²) < 4.78 is 5.45. The van der Waals surface area contributed by atoms with Crippen molar-refractivity contribution in [3.05, 3.63) is 72.8 Å². The van der Waals surface area contributed by atoms with E-state index < -0.39 is 0 Å². The third-order valence-corrected chi connectivity index (χ3v) is 6.14. The summed E-state index contributed by atoms with van der Waals surface area (Å²) in [6, 6.07) is 23.7. The second-order valence-electron chi connectivity index (χ2n) is 7.73. The van der Waals surface area contributed by atoms with E-state index in [1.54, 1.807) is 0 Å². The van der Waals surface area contributed by atoms with Gasteiger partial charge in [0.05, 0.1) is 19.0 Å². The van der Waals surface area contributed by atoms with Gasteiger partial charge in [0.1, 0.15) is 0 Å². The van der Waals surface area contributed by atoms with Crippen molar-refractivity contribution < 1.29 is 9.53 Å². The van der Waals surface area contributed by atoms with Gasteiger partial charge in [-0.05, 0) is 35.0 Å². The van der Waals surface area contributed by atoms with Crippen molar-refractivity contribution in [3.8, 4) is 0 Å². The zero-order valence-corrected chi connectivity index (χ0v) is 19.3. The van der Waals surface area contributed by atoms with Crippen LogP contribution in [0.3, 0.4) is 0 Å². The van der Waals surface area contributed by atoms with Crippen molar-refractivity contribution in [2.75, 3.05) is 47.6 Å². The predicted molar refractivity (Wildman–Crippen MR) is 136 cm³/mol. The number of benzene rings is 3. The number of hydrogen-bond donors (Lipinski definition) is 2. The molecule has 172 valence electrons. The third-order valence-electron chi connectivity index (χ3n) is 5.29. The first-order valence-electron chi connectivity index (χ1n) is 11.1. The summed E-state index contributed by atoms with van der Waals surface area (Å²) in [6.45, 7) is 2.68. The Bertz CT molecular complexity index is 1280.